The largest absolute Gasteiger partial charge is 0.399 e. The van der Waals surface area contributed by atoms with Crippen molar-refractivity contribution >= 4 is 15.7 Å². The summed E-state index contributed by atoms with van der Waals surface area (Å²) >= 11 is 0. The molecule has 1 atom stereocenters. The van der Waals surface area contributed by atoms with Crippen molar-refractivity contribution in [2.24, 2.45) is 0 Å². The molecule has 1 aromatic rings. The molecule has 0 aliphatic rings. The van der Waals surface area contributed by atoms with E-state index >= 15 is 0 Å². The van der Waals surface area contributed by atoms with E-state index in [-0.39, 0.29) is 4.90 Å². The Morgan fingerprint density at radius 1 is 1.32 bits per heavy atom. The molecule has 0 heterocycles. The van der Waals surface area contributed by atoms with Crippen LogP contribution in [0.1, 0.15) is 20.3 Å². The van der Waals surface area contributed by atoms with Crippen LogP contribution < -0.4 is 10.5 Å². The quantitative estimate of drug-likeness (QED) is 0.740. The molecule has 0 spiro atoms. The van der Waals surface area contributed by atoms with Crippen LogP contribution in [0.2, 0.25) is 0 Å². The third-order valence-electron chi connectivity index (χ3n) is 3.29. The molecule has 0 fully saturated rings. The van der Waals surface area contributed by atoms with E-state index in [0.29, 0.717) is 24.8 Å². The van der Waals surface area contributed by atoms with Crippen molar-refractivity contribution < 1.29 is 8.42 Å². The number of nitrogen functional groups attached to an aromatic ring is 1. The normalized spacial score (nSPS) is 13.7. The highest BCUT2D eigenvalue weighted by atomic mass is 32.2. The molecule has 1 unspecified atom stereocenters. The Balaban J connectivity index is 2.54. The van der Waals surface area contributed by atoms with Crippen molar-refractivity contribution in [3.05, 3.63) is 24.3 Å². The summed E-state index contributed by atoms with van der Waals surface area (Å²) in [5, 5.41) is 0. The fraction of sp³-hybridized carbons (Fsp3) is 0.538. The second-order valence-corrected chi connectivity index (χ2v) is 6.47. The summed E-state index contributed by atoms with van der Waals surface area (Å²) in [5.74, 6) is 0. The number of nitrogens with one attached hydrogen (secondary N) is 1. The van der Waals surface area contributed by atoms with Gasteiger partial charge in [0.05, 0.1) is 4.90 Å². The predicted molar refractivity (Wildman–Crippen MR) is 78.4 cm³/mol. The Hall–Kier alpha value is -1.11. The average Bonchev–Trinajstić information content (AvgIpc) is 2.37. The van der Waals surface area contributed by atoms with Crippen molar-refractivity contribution in [2.45, 2.75) is 31.2 Å². The van der Waals surface area contributed by atoms with Gasteiger partial charge in [0.2, 0.25) is 10.0 Å². The lowest BCUT2D eigenvalue weighted by Crippen LogP contribution is -2.37. The van der Waals surface area contributed by atoms with Gasteiger partial charge in [-0.25, -0.2) is 13.1 Å². The van der Waals surface area contributed by atoms with E-state index in [1.807, 2.05) is 7.05 Å². The summed E-state index contributed by atoms with van der Waals surface area (Å²) in [6, 6.07) is 6.63. The summed E-state index contributed by atoms with van der Waals surface area (Å²) in [6.45, 7) is 5.31. The monoisotopic (exact) mass is 285 g/mol. The first-order valence-corrected chi connectivity index (χ1v) is 7.90. The summed E-state index contributed by atoms with van der Waals surface area (Å²) in [4.78, 5) is 2.37. The molecule has 0 aliphatic heterocycles. The second-order valence-electron chi connectivity index (χ2n) is 4.70. The molecule has 0 aromatic heterocycles. The lowest BCUT2D eigenvalue weighted by molar-refractivity contribution is 0.256. The van der Waals surface area contributed by atoms with Gasteiger partial charge < -0.3 is 10.6 Å². The Kier molecular flexibility index (Phi) is 5.78. The number of nitrogens with zero attached hydrogens (tertiary/aromatic N) is 1. The molecular weight excluding hydrogens is 262 g/mol. The van der Waals surface area contributed by atoms with E-state index in [1.54, 1.807) is 12.1 Å². The van der Waals surface area contributed by atoms with Crippen molar-refractivity contribution in [3.63, 3.8) is 0 Å². The van der Waals surface area contributed by atoms with Crippen LogP contribution in [0, 0.1) is 0 Å². The molecule has 0 amide bonds. The fourth-order valence-corrected chi connectivity index (χ4v) is 2.64. The number of rotatable bonds is 7. The summed E-state index contributed by atoms with van der Waals surface area (Å²) in [6.07, 6.45) is 1.04. The molecule has 1 rings (SSSR count). The van der Waals surface area contributed by atoms with Crippen molar-refractivity contribution in [1.82, 2.24) is 9.62 Å². The standard InChI is InChI=1S/C13H23N3O2S/c1-4-11(2)16(3)10-9-15-19(17,18)13-7-5-12(14)6-8-13/h5-8,11,15H,4,9-10,14H2,1-3H3. The van der Waals surface area contributed by atoms with E-state index in [2.05, 4.69) is 23.5 Å². The number of hydrogen-bond donors (Lipinski definition) is 2. The van der Waals surface area contributed by atoms with Gasteiger partial charge in [0.25, 0.3) is 0 Å². The minimum absolute atomic E-state index is 0.243. The molecule has 108 valence electrons. The van der Waals surface area contributed by atoms with Gasteiger partial charge in [-0.2, -0.15) is 0 Å². The Morgan fingerprint density at radius 2 is 1.89 bits per heavy atom. The predicted octanol–water partition coefficient (Wildman–Crippen LogP) is 1.28. The van der Waals surface area contributed by atoms with Gasteiger partial charge in [-0.3, -0.25) is 0 Å². The first-order valence-electron chi connectivity index (χ1n) is 6.42. The molecule has 0 radical (unpaired) electrons. The number of sulfonamides is 1. The zero-order valence-corrected chi connectivity index (χ0v) is 12.6. The topological polar surface area (TPSA) is 75.4 Å². The zero-order chi connectivity index (χ0) is 14.5. The van der Waals surface area contributed by atoms with Crippen LogP contribution in [0.5, 0.6) is 0 Å². The minimum atomic E-state index is -3.44. The molecule has 19 heavy (non-hydrogen) atoms. The minimum Gasteiger partial charge on any atom is -0.399 e. The van der Waals surface area contributed by atoms with E-state index in [0.717, 1.165) is 6.42 Å². The van der Waals surface area contributed by atoms with Crippen LogP contribution in [0.25, 0.3) is 0 Å². The van der Waals surface area contributed by atoms with Crippen molar-refractivity contribution in [3.8, 4) is 0 Å². The van der Waals surface area contributed by atoms with Gasteiger partial charge in [-0.1, -0.05) is 6.92 Å². The Morgan fingerprint density at radius 3 is 2.42 bits per heavy atom. The molecule has 0 aliphatic carbocycles. The smallest absolute Gasteiger partial charge is 0.240 e. The molecule has 0 saturated carbocycles. The van der Waals surface area contributed by atoms with Crippen LogP contribution in [0.15, 0.2) is 29.2 Å². The maximum atomic E-state index is 12.0. The van der Waals surface area contributed by atoms with E-state index in [1.165, 1.54) is 12.1 Å². The summed E-state index contributed by atoms with van der Waals surface area (Å²) in [7, 11) is -1.45. The van der Waals surface area contributed by atoms with Gasteiger partial charge in [0, 0.05) is 24.8 Å². The van der Waals surface area contributed by atoms with Crippen LogP contribution in [-0.2, 0) is 10.0 Å². The first-order chi connectivity index (χ1) is 8.86. The van der Waals surface area contributed by atoms with Crippen LogP contribution in [-0.4, -0.2) is 39.5 Å². The van der Waals surface area contributed by atoms with Gasteiger partial charge >= 0.3 is 0 Å². The van der Waals surface area contributed by atoms with Crippen LogP contribution in [0.4, 0.5) is 5.69 Å². The fourth-order valence-electron chi connectivity index (χ4n) is 1.62. The highest BCUT2D eigenvalue weighted by molar-refractivity contribution is 7.89. The maximum absolute atomic E-state index is 12.0. The second kappa shape index (κ2) is 6.88. The van der Waals surface area contributed by atoms with Crippen molar-refractivity contribution in [1.29, 1.82) is 0 Å². The number of anilines is 1. The molecule has 3 N–H and O–H groups in total. The molecular formula is C13H23N3O2S. The molecule has 5 nitrogen and oxygen atoms in total. The summed E-state index contributed by atoms with van der Waals surface area (Å²) in [5.41, 5.74) is 6.09. The first kappa shape index (κ1) is 15.9. The molecule has 0 bridgehead atoms. The lowest BCUT2D eigenvalue weighted by Gasteiger charge is -2.23. The third-order valence-corrected chi connectivity index (χ3v) is 4.77. The third kappa shape index (κ3) is 4.81. The Labute approximate surface area is 115 Å². The van der Waals surface area contributed by atoms with Crippen LogP contribution >= 0.6 is 0 Å². The SMILES string of the molecule is CCC(C)N(C)CCNS(=O)(=O)c1ccc(N)cc1. The number of likely N-dealkylation sites (N-methyl/N-ethyl adjacent to an activating group) is 1. The zero-order valence-electron chi connectivity index (χ0n) is 11.8. The van der Waals surface area contributed by atoms with Gasteiger partial charge in [-0.05, 0) is 44.7 Å². The van der Waals surface area contributed by atoms with E-state index in [4.69, 9.17) is 5.73 Å². The molecule has 0 saturated heterocycles. The Bertz CT molecular complexity index is 485. The highest BCUT2D eigenvalue weighted by Crippen LogP contribution is 2.11. The highest BCUT2D eigenvalue weighted by Gasteiger charge is 2.14. The van der Waals surface area contributed by atoms with Gasteiger partial charge in [0.1, 0.15) is 0 Å². The van der Waals surface area contributed by atoms with Crippen LogP contribution in [0.3, 0.4) is 0 Å². The maximum Gasteiger partial charge on any atom is 0.240 e. The lowest BCUT2D eigenvalue weighted by atomic mass is 10.2. The number of nitrogens with two attached hydrogens (primary N) is 1. The van der Waals surface area contributed by atoms with Gasteiger partial charge in [-0.15, -0.1) is 0 Å². The van der Waals surface area contributed by atoms with Crippen molar-refractivity contribution in [2.75, 3.05) is 25.9 Å². The number of hydrogen-bond acceptors (Lipinski definition) is 4. The molecule has 1 aromatic carbocycles. The van der Waals surface area contributed by atoms with E-state index in [9.17, 15) is 8.42 Å². The van der Waals surface area contributed by atoms with E-state index < -0.39 is 10.0 Å². The molecule has 6 heteroatoms. The van der Waals surface area contributed by atoms with Gasteiger partial charge in [0.15, 0.2) is 0 Å². The summed E-state index contributed by atoms with van der Waals surface area (Å²) < 4.78 is 26.6. The number of benzene rings is 1. The average molecular weight is 285 g/mol.